The molecule has 0 aromatic heterocycles. The third-order valence-corrected chi connectivity index (χ3v) is 4.66. The lowest BCUT2D eigenvalue weighted by atomic mass is 10.2. The van der Waals surface area contributed by atoms with Gasteiger partial charge in [-0.05, 0) is 31.2 Å². The number of unbranched alkanes of at least 4 members (excludes halogenated alkanes) is 2. The van der Waals surface area contributed by atoms with Crippen LogP contribution in [0.5, 0.6) is 0 Å². The van der Waals surface area contributed by atoms with E-state index in [1.54, 1.807) is 0 Å². The fourth-order valence-electron chi connectivity index (χ4n) is 2.06. The average molecular weight is 275 g/mol. The van der Waals surface area contributed by atoms with Crippen LogP contribution >= 0.6 is 0 Å². The molecule has 0 atom stereocenters. The molecule has 1 aromatic rings. The fourth-order valence-corrected chi connectivity index (χ4v) is 3.02. The van der Waals surface area contributed by atoms with Crippen LogP contribution in [0.15, 0.2) is 36.5 Å². The molecular formula is C17H28NSi. The average Bonchev–Trinajstić information content (AvgIpc) is 2.42. The van der Waals surface area contributed by atoms with Gasteiger partial charge in [-0.3, -0.25) is 0 Å². The van der Waals surface area contributed by atoms with Gasteiger partial charge in [0.25, 0.3) is 0 Å². The number of hydrogen-bond donors (Lipinski definition) is 0. The second-order valence-corrected chi connectivity index (χ2v) is 8.29. The predicted octanol–water partition coefficient (Wildman–Crippen LogP) is 4.90. The highest BCUT2D eigenvalue weighted by Crippen LogP contribution is 2.07. The van der Waals surface area contributed by atoms with Crippen molar-refractivity contribution in [2.45, 2.75) is 45.3 Å². The largest absolute Gasteiger partial charge is 0.378 e. The molecule has 0 N–H and O–H groups in total. The van der Waals surface area contributed by atoms with Gasteiger partial charge in [0.2, 0.25) is 0 Å². The van der Waals surface area contributed by atoms with E-state index in [1.807, 2.05) is 0 Å². The van der Waals surface area contributed by atoms with Crippen LogP contribution in [0, 0.1) is 0 Å². The van der Waals surface area contributed by atoms with Crippen LogP contribution in [0.2, 0.25) is 19.1 Å². The molecule has 0 aliphatic rings. The summed E-state index contributed by atoms with van der Waals surface area (Å²) in [5, 5.41) is 0. The van der Waals surface area contributed by atoms with Crippen molar-refractivity contribution in [3.8, 4) is 0 Å². The molecular weight excluding hydrogens is 246 g/mol. The van der Waals surface area contributed by atoms with Gasteiger partial charge in [0.15, 0.2) is 0 Å². The summed E-state index contributed by atoms with van der Waals surface area (Å²) in [5.41, 5.74) is 1.28. The van der Waals surface area contributed by atoms with E-state index in [-0.39, 0.29) is 8.80 Å². The van der Waals surface area contributed by atoms with Crippen molar-refractivity contribution in [2.75, 3.05) is 13.1 Å². The molecule has 0 aliphatic heterocycles. The molecule has 1 radical (unpaired) electrons. The second kappa shape index (κ2) is 9.85. The summed E-state index contributed by atoms with van der Waals surface area (Å²) in [4.78, 5) is 2.41. The Morgan fingerprint density at radius 3 is 2.42 bits per heavy atom. The van der Waals surface area contributed by atoms with Crippen molar-refractivity contribution in [1.29, 1.82) is 0 Å². The van der Waals surface area contributed by atoms with Crippen LogP contribution in [0.4, 0.5) is 0 Å². The molecule has 0 bridgehead atoms. The van der Waals surface area contributed by atoms with Crippen LogP contribution in [-0.4, -0.2) is 26.8 Å². The molecule has 1 nitrogen and oxygen atoms in total. The Labute approximate surface area is 120 Å². The zero-order chi connectivity index (χ0) is 13.9. The van der Waals surface area contributed by atoms with Crippen LogP contribution < -0.4 is 0 Å². The molecule has 1 aromatic carbocycles. The van der Waals surface area contributed by atoms with Gasteiger partial charge in [-0.25, -0.2) is 0 Å². The van der Waals surface area contributed by atoms with Gasteiger partial charge in [0, 0.05) is 21.9 Å². The highest BCUT2D eigenvalue weighted by atomic mass is 28.3. The van der Waals surface area contributed by atoms with Crippen molar-refractivity contribution >= 4 is 14.9 Å². The Hall–Kier alpha value is -1.02. The number of hydrogen-bond acceptors (Lipinski definition) is 1. The third-order valence-electron chi connectivity index (χ3n) is 3.31. The first-order chi connectivity index (χ1) is 9.22. The standard InChI is InChI=1S/C17H28NSi/c1-4-18(14-9-6-10-16-19(2)3)15-13-17-11-7-5-8-12-17/h5,7-8,11-13,15H,4,6,9-10,14,16H2,1-3H3. The monoisotopic (exact) mass is 274 g/mol. The van der Waals surface area contributed by atoms with Gasteiger partial charge in [-0.15, -0.1) is 0 Å². The predicted molar refractivity (Wildman–Crippen MR) is 88.9 cm³/mol. The Balaban J connectivity index is 2.24. The normalized spacial score (nSPS) is 11.4. The summed E-state index contributed by atoms with van der Waals surface area (Å²) in [6.45, 7) is 9.33. The third kappa shape index (κ3) is 7.88. The Kier molecular flexibility index (Phi) is 8.31. The number of rotatable bonds is 9. The van der Waals surface area contributed by atoms with E-state index in [4.69, 9.17) is 0 Å². The summed E-state index contributed by atoms with van der Waals surface area (Å²) >= 11 is 0. The molecule has 0 aliphatic carbocycles. The van der Waals surface area contributed by atoms with E-state index in [9.17, 15) is 0 Å². The first-order valence-corrected chi connectivity index (χ1v) is 10.2. The lowest BCUT2D eigenvalue weighted by molar-refractivity contribution is 0.384. The molecule has 0 fully saturated rings. The maximum Gasteiger partial charge on any atom is 0.0412 e. The van der Waals surface area contributed by atoms with Crippen LogP contribution in [0.3, 0.4) is 0 Å². The lowest BCUT2D eigenvalue weighted by Crippen LogP contribution is -2.17. The Bertz CT molecular complexity index is 346. The smallest absolute Gasteiger partial charge is 0.0412 e. The van der Waals surface area contributed by atoms with E-state index in [0.717, 1.165) is 6.54 Å². The minimum absolute atomic E-state index is 0.0138. The molecule has 0 amide bonds. The molecule has 0 saturated heterocycles. The molecule has 0 spiro atoms. The maximum absolute atomic E-state index is 2.41. The minimum Gasteiger partial charge on any atom is -0.378 e. The molecule has 19 heavy (non-hydrogen) atoms. The van der Waals surface area contributed by atoms with Gasteiger partial charge in [0.05, 0.1) is 0 Å². The maximum atomic E-state index is 2.41. The van der Waals surface area contributed by atoms with Gasteiger partial charge in [-0.1, -0.05) is 62.3 Å². The van der Waals surface area contributed by atoms with Crippen molar-refractivity contribution in [2.24, 2.45) is 0 Å². The van der Waals surface area contributed by atoms with Crippen molar-refractivity contribution in [1.82, 2.24) is 4.90 Å². The topological polar surface area (TPSA) is 3.24 Å². The van der Waals surface area contributed by atoms with Crippen molar-refractivity contribution < 1.29 is 0 Å². The van der Waals surface area contributed by atoms with Crippen LogP contribution in [0.25, 0.3) is 6.08 Å². The first-order valence-electron chi connectivity index (χ1n) is 7.48. The van der Waals surface area contributed by atoms with E-state index in [2.05, 4.69) is 67.5 Å². The zero-order valence-electron chi connectivity index (χ0n) is 12.7. The van der Waals surface area contributed by atoms with E-state index in [0.29, 0.717) is 0 Å². The Morgan fingerprint density at radius 1 is 1.05 bits per heavy atom. The van der Waals surface area contributed by atoms with Crippen LogP contribution in [0.1, 0.15) is 31.7 Å². The molecule has 105 valence electrons. The molecule has 0 unspecified atom stereocenters. The number of nitrogens with zero attached hydrogens (tertiary/aromatic N) is 1. The van der Waals surface area contributed by atoms with Gasteiger partial charge in [0.1, 0.15) is 0 Å². The summed E-state index contributed by atoms with van der Waals surface area (Å²) in [5.74, 6) is 0. The zero-order valence-corrected chi connectivity index (χ0v) is 13.7. The van der Waals surface area contributed by atoms with Gasteiger partial charge >= 0.3 is 0 Å². The number of benzene rings is 1. The minimum atomic E-state index is -0.0138. The SMILES string of the molecule is CCN(C=Cc1ccccc1)CCCCC[Si](C)C. The molecule has 0 heterocycles. The molecule has 2 heteroatoms. The molecule has 0 saturated carbocycles. The first kappa shape index (κ1) is 16.0. The second-order valence-electron chi connectivity index (χ2n) is 5.37. The van der Waals surface area contributed by atoms with Gasteiger partial charge < -0.3 is 4.90 Å². The highest BCUT2D eigenvalue weighted by Gasteiger charge is 1.98. The van der Waals surface area contributed by atoms with E-state index < -0.39 is 0 Å². The quantitative estimate of drug-likeness (QED) is 0.457. The van der Waals surface area contributed by atoms with Crippen molar-refractivity contribution in [3.05, 3.63) is 42.1 Å². The van der Waals surface area contributed by atoms with Gasteiger partial charge in [-0.2, -0.15) is 0 Å². The van der Waals surface area contributed by atoms with E-state index >= 15 is 0 Å². The summed E-state index contributed by atoms with van der Waals surface area (Å²) in [6.07, 6.45) is 8.57. The van der Waals surface area contributed by atoms with E-state index in [1.165, 1.54) is 37.4 Å². The molecule has 1 rings (SSSR count). The Morgan fingerprint density at radius 2 is 1.79 bits per heavy atom. The highest BCUT2D eigenvalue weighted by molar-refractivity contribution is 6.55. The summed E-state index contributed by atoms with van der Waals surface area (Å²) < 4.78 is 0. The summed E-state index contributed by atoms with van der Waals surface area (Å²) in [6, 6.07) is 12.0. The van der Waals surface area contributed by atoms with Crippen LogP contribution in [-0.2, 0) is 0 Å². The summed E-state index contributed by atoms with van der Waals surface area (Å²) in [7, 11) is -0.0138. The fraction of sp³-hybridized carbons (Fsp3) is 0.529. The van der Waals surface area contributed by atoms with Crippen molar-refractivity contribution in [3.63, 3.8) is 0 Å². The lowest BCUT2D eigenvalue weighted by Gasteiger charge is -2.18.